The van der Waals surface area contributed by atoms with Crippen molar-refractivity contribution < 1.29 is 14.3 Å². The van der Waals surface area contributed by atoms with Crippen LogP contribution in [-0.2, 0) is 13.0 Å². The molecule has 1 N–H and O–H groups in total. The van der Waals surface area contributed by atoms with Crippen LogP contribution in [-0.4, -0.2) is 37.8 Å². The van der Waals surface area contributed by atoms with Gasteiger partial charge in [-0.2, -0.15) is 5.10 Å². The van der Waals surface area contributed by atoms with E-state index in [9.17, 15) is 9.90 Å². The Bertz CT molecular complexity index is 1110. The average Bonchev–Trinajstić information content (AvgIpc) is 3.42. The highest BCUT2D eigenvalue weighted by Gasteiger charge is 2.39. The van der Waals surface area contributed by atoms with Crippen LogP contribution in [0, 0.1) is 12.7 Å². The number of halogens is 1. The fourth-order valence-corrected chi connectivity index (χ4v) is 4.91. The first-order valence-electron chi connectivity index (χ1n) is 10.9. The van der Waals surface area contributed by atoms with Crippen LogP contribution in [0.25, 0.3) is 5.69 Å². The zero-order valence-electron chi connectivity index (χ0n) is 17.6. The molecule has 2 unspecified atom stereocenters. The van der Waals surface area contributed by atoms with E-state index in [0.717, 1.165) is 36.1 Å². The van der Waals surface area contributed by atoms with Gasteiger partial charge in [-0.1, -0.05) is 25.0 Å². The summed E-state index contributed by atoms with van der Waals surface area (Å²) in [6.07, 6.45) is 7.08. The minimum absolute atomic E-state index is 0.157. The van der Waals surface area contributed by atoms with Gasteiger partial charge < -0.3 is 10.0 Å². The van der Waals surface area contributed by atoms with Gasteiger partial charge in [-0.05, 0) is 67.1 Å². The van der Waals surface area contributed by atoms with Crippen LogP contribution in [0.1, 0.15) is 58.3 Å². The largest absolute Gasteiger partial charge is 0.391 e. The molecule has 0 spiro atoms. The fraction of sp³-hybridized carbons (Fsp3) is 0.360. The van der Waals surface area contributed by atoms with Gasteiger partial charge in [-0.3, -0.25) is 4.79 Å². The van der Waals surface area contributed by atoms with Crippen LogP contribution in [0.15, 0.2) is 48.8 Å². The van der Waals surface area contributed by atoms with E-state index in [2.05, 4.69) is 5.10 Å². The molecule has 1 saturated carbocycles. The number of aliphatic hydroxyl groups excluding tert-OH is 1. The summed E-state index contributed by atoms with van der Waals surface area (Å²) in [5.41, 5.74) is 4.34. The summed E-state index contributed by atoms with van der Waals surface area (Å²) >= 11 is 0. The van der Waals surface area contributed by atoms with E-state index >= 15 is 4.39 Å². The minimum atomic E-state index is -0.524. The summed E-state index contributed by atoms with van der Waals surface area (Å²) in [6.45, 7) is 2.03. The van der Waals surface area contributed by atoms with Gasteiger partial charge in [0.2, 0.25) is 0 Å². The van der Waals surface area contributed by atoms with Gasteiger partial charge in [0.1, 0.15) is 5.82 Å². The zero-order chi connectivity index (χ0) is 21.5. The maximum absolute atomic E-state index is 15.3. The summed E-state index contributed by atoms with van der Waals surface area (Å²) < 4.78 is 17.1. The number of aromatic nitrogens is 2. The highest BCUT2D eigenvalue weighted by Crippen LogP contribution is 2.35. The lowest BCUT2D eigenvalue weighted by Gasteiger charge is -2.35. The fourth-order valence-electron chi connectivity index (χ4n) is 4.91. The average molecular weight is 420 g/mol. The lowest BCUT2D eigenvalue weighted by atomic mass is 9.91. The maximum Gasteiger partial charge on any atom is 0.254 e. The van der Waals surface area contributed by atoms with Crippen molar-refractivity contribution in [1.82, 2.24) is 14.7 Å². The van der Waals surface area contributed by atoms with Crippen LogP contribution < -0.4 is 0 Å². The summed E-state index contributed by atoms with van der Waals surface area (Å²) in [5.74, 6) is -0.447. The second kappa shape index (κ2) is 7.93. The highest BCUT2D eigenvalue weighted by atomic mass is 19.1. The lowest BCUT2D eigenvalue weighted by molar-refractivity contribution is 0.0190. The Balaban J connectivity index is 1.41. The molecule has 0 radical (unpaired) electrons. The van der Waals surface area contributed by atoms with Crippen molar-refractivity contribution in [3.63, 3.8) is 0 Å². The number of hydrogen-bond donors (Lipinski definition) is 1. The molecule has 2 heterocycles. The molecular weight excluding hydrogens is 393 g/mol. The normalized spacial score (nSPS) is 20.9. The molecule has 31 heavy (non-hydrogen) atoms. The monoisotopic (exact) mass is 419 g/mol. The third-order valence-corrected chi connectivity index (χ3v) is 6.73. The van der Waals surface area contributed by atoms with E-state index < -0.39 is 6.10 Å². The number of hydrogen-bond acceptors (Lipinski definition) is 3. The highest BCUT2D eigenvalue weighted by molar-refractivity contribution is 5.99. The summed E-state index contributed by atoms with van der Waals surface area (Å²) in [6, 6.07) is 11.5. The van der Waals surface area contributed by atoms with Crippen molar-refractivity contribution in [2.24, 2.45) is 0 Å². The van der Waals surface area contributed by atoms with Gasteiger partial charge >= 0.3 is 0 Å². The van der Waals surface area contributed by atoms with Gasteiger partial charge in [-0.15, -0.1) is 0 Å². The quantitative estimate of drug-likeness (QED) is 0.691. The third kappa shape index (κ3) is 3.55. The van der Waals surface area contributed by atoms with Crippen molar-refractivity contribution in [2.75, 3.05) is 0 Å². The Labute approximate surface area is 181 Å². The van der Waals surface area contributed by atoms with Crippen molar-refractivity contribution >= 4 is 5.91 Å². The number of carbonyl (C=O) groups is 1. The van der Waals surface area contributed by atoms with Gasteiger partial charge in [0.05, 0.1) is 24.4 Å². The second-order valence-electron chi connectivity index (χ2n) is 8.65. The van der Waals surface area contributed by atoms with E-state index in [4.69, 9.17) is 0 Å². The van der Waals surface area contributed by atoms with Crippen LogP contribution in [0.5, 0.6) is 0 Å². The molecule has 0 bridgehead atoms. The third-order valence-electron chi connectivity index (χ3n) is 6.73. The van der Waals surface area contributed by atoms with Crippen molar-refractivity contribution in [2.45, 2.75) is 57.7 Å². The summed E-state index contributed by atoms with van der Waals surface area (Å²) in [4.78, 5) is 14.8. The van der Waals surface area contributed by atoms with Crippen molar-refractivity contribution in [3.8, 4) is 5.69 Å². The van der Waals surface area contributed by atoms with Gasteiger partial charge in [0, 0.05) is 23.5 Å². The first kappa shape index (κ1) is 19.9. The molecule has 6 heteroatoms. The second-order valence-corrected chi connectivity index (χ2v) is 8.65. The number of aliphatic hydroxyl groups is 1. The predicted molar refractivity (Wildman–Crippen MR) is 116 cm³/mol. The van der Waals surface area contributed by atoms with E-state index in [1.807, 2.05) is 42.6 Å². The number of fused-ring (bicyclic) bond motifs is 1. The first-order chi connectivity index (χ1) is 15.0. The first-order valence-corrected chi connectivity index (χ1v) is 10.9. The zero-order valence-corrected chi connectivity index (χ0v) is 17.6. The molecule has 160 valence electrons. The molecule has 5 nitrogen and oxygen atoms in total. The number of benzene rings is 2. The molecule has 2 aliphatic rings. The smallest absolute Gasteiger partial charge is 0.254 e. The summed E-state index contributed by atoms with van der Waals surface area (Å²) in [7, 11) is 0. The summed E-state index contributed by atoms with van der Waals surface area (Å²) in [5, 5.41) is 14.6. The van der Waals surface area contributed by atoms with Gasteiger partial charge in [-0.25, -0.2) is 9.07 Å². The van der Waals surface area contributed by atoms with Gasteiger partial charge in [0.25, 0.3) is 5.91 Å². The number of rotatable bonds is 4. The van der Waals surface area contributed by atoms with Crippen LogP contribution in [0.3, 0.4) is 0 Å². The number of amides is 1. The number of carbonyl (C=O) groups excluding carboxylic acids is 1. The van der Waals surface area contributed by atoms with Crippen LogP contribution in [0.2, 0.25) is 0 Å². The Hall–Kier alpha value is -2.99. The predicted octanol–water partition coefficient (Wildman–Crippen LogP) is 4.17. The molecule has 0 saturated heterocycles. The minimum Gasteiger partial charge on any atom is -0.391 e. The molecule has 2 aromatic carbocycles. The van der Waals surface area contributed by atoms with E-state index in [1.165, 1.54) is 0 Å². The van der Waals surface area contributed by atoms with Crippen LogP contribution in [0.4, 0.5) is 4.39 Å². The maximum atomic E-state index is 15.3. The molecule has 1 aliphatic carbocycles. The molecular formula is C25H26FN3O2. The molecule has 3 aromatic rings. The lowest BCUT2D eigenvalue weighted by Crippen LogP contribution is -2.45. The van der Waals surface area contributed by atoms with Crippen LogP contribution >= 0.6 is 0 Å². The Morgan fingerprint density at radius 3 is 2.68 bits per heavy atom. The van der Waals surface area contributed by atoms with E-state index in [0.29, 0.717) is 29.5 Å². The molecule has 1 amide bonds. The topological polar surface area (TPSA) is 58.4 Å². The molecule has 1 fully saturated rings. The molecule has 2 atom stereocenters. The number of nitrogens with zero attached hydrogens (tertiary/aromatic N) is 3. The Kier molecular flexibility index (Phi) is 5.10. The standard InChI is InChI=1S/C25H26FN3O2/c1-16-18(13-17-7-9-19(10-8-17)29-12-4-11-27-29)14-20-21(24(16)26)15-28(25(20)31)22-5-2-3-6-23(22)30/h4,7-12,14,22-23,30H,2-3,5-6,13,15H2,1H3. The van der Waals surface area contributed by atoms with Crippen molar-refractivity contribution in [1.29, 1.82) is 0 Å². The molecule has 5 rings (SSSR count). The van der Waals surface area contributed by atoms with Gasteiger partial charge in [0.15, 0.2) is 0 Å². The molecule has 1 aliphatic heterocycles. The SMILES string of the molecule is Cc1c(Cc2ccc(-n3cccn3)cc2)cc2c(c1F)CN(C1CCCCC1O)C2=O. The van der Waals surface area contributed by atoms with E-state index in [-0.39, 0.29) is 24.3 Å². The molecule has 1 aromatic heterocycles. The Morgan fingerprint density at radius 2 is 1.97 bits per heavy atom. The van der Waals surface area contributed by atoms with Crippen molar-refractivity contribution in [3.05, 3.63) is 82.4 Å². The van der Waals surface area contributed by atoms with E-state index in [1.54, 1.807) is 22.7 Å². The Morgan fingerprint density at radius 1 is 1.19 bits per heavy atom.